The Balaban J connectivity index is 1.99. The van der Waals surface area contributed by atoms with E-state index in [1.54, 1.807) is 0 Å². The first-order valence-electron chi connectivity index (χ1n) is 9.22. The summed E-state index contributed by atoms with van der Waals surface area (Å²) in [6, 6.07) is 8.27. The highest BCUT2D eigenvalue weighted by Gasteiger charge is 2.21. The van der Waals surface area contributed by atoms with Gasteiger partial charge in [-0.25, -0.2) is 10.1 Å². The standard InChI is InChI=1S/C20H18N6O6/c1-12(22-23-19(28)13-7-9-21-10-8-13)18-16(11-17(27)32-2)24-25(20(18)29)14-3-5-15(6-4-14)26(30)31/h3-10,24H,11H2,1-2H3,(H,23,28)/b22-12+. The van der Waals surface area contributed by atoms with Gasteiger partial charge in [0.25, 0.3) is 17.2 Å². The Kier molecular flexibility index (Phi) is 6.53. The zero-order chi connectivity index (χ0) is 23.3. The largest absolute Gasteiger partial charge is 0.469 e. The molecular formula is C20H18N6O6. The van der Waals surface area contributed by atoms with Crippen LogP contribution in [0.2, 0.25) is 0 Å². The van der Waals surface area contributed by atoms with Gasteiger partial charge >= 0.3 is 5.97 Å². The van der Waals surface area contributed by atoms with E-state index in [1.807, 2.05) is 0 Å². The Morgan fingerprint density at radius 1 is 1.22 bits per heavy atom. The van der Waals surface area contributed by atoms with E-state index < -0.39 is 22.4 Å². The monoisotopic (exact) mass is 438 g/mol. The van der Waals surface area contributed by atoms with Crippen LogP contribution < -0.4 is 11.0 Å². The predicted molar refractivity (Wildman–Crippen MR) is 113 cm³/mol. The number of rotatable bonds is 7. The Bertz CT molecular complexity index is 1240. The van der Waals surface area contributed by atoms with Crippen molar-refractivity contribution in [3.05, 3.63) is 86.1 Å². The topological polar surface area (TPSA) is 162 Å². The lowest BCUT2D eigenvalue weighted by Gasteiger charge is -2.03. The molecule has 0 bridgehead atoms. The second-order valence-electron chi connectivity index (χ2n) is 6.51. The summed E-state index contributed by atoms with van der Waals surface area (Å²) < 4.78 is 5.81. The lowest BCUT2D eigenvalue weighted by molar-refractivity contribution is -0.384. The molecule has 12 nitrogen and oxygen atoms in total. The third-order valence-electron chi connectivity index (χ3n) is 4.46. The number of nitrogens with zero attached hydrogens (tertiary/aromatic N) is 4. The second kappa shape index (κ2) is 9.47. The van der Waals surface area contributed by atoms with Crippen LogP contribution in [0.4, 0.5) is 5.69 Å². The van der Waals surface area contributed by atoms with E-state index in [2.05, 4.69) is 25.3 Å². The van der Waals surface area contributed by atoms with Crippen molar-refractivity contribution >= 4 is 23.3 Å². The van der Waals surface area contributed by atoms with Gasteiger partial charge in [0, 0.05) is 30.1 Å². The zero-order valence-electron chi connectivity index (χ0n) is 17.1. The van der Waals surface area contributed by atoms with Gasteiger partial charge in [-0.15, -0.1) is 0 Å². The molecule has 164 valence electrons. The van der Waals surface area contributed by atoms with Gasteiger partial charge in [-0.1, -0.05) is 0 Å². The van der Waals surface area contributed by atoms with Gasteiger partial charge < -0.3 is 4.74 Å². The average molecular weight is 438 g/mol. The number of aromatic nitrogens is 3. The molecule has 0 spiro atoms. The van der Waals surface area contributed by atoms with E-state index in [-0.39, 0.29) is 29.1 Å². The summed E-state index contributed by atoms with van der Waals surface area (Å²) in [5.74, 6) is -1.11. The van der Waals surface area contributed by atoms with Crippen LogP contribution in [-0.4, -0.2) is 44.4 Å². The van der Waals surface area contributed by atoms with E-state index in [4.69, 9.17) is 0 Å². The minimum absolute atomic E-state index is 0.0591. The number of ether oxygens (including phenoxy) is 1. The number of carbonyl (C=O) groups is 2. The first-order chi connectivity index (χ1) is 15.3. The van der Waals surface area contributed by atoms with Gasteiger partial charge in [0.15, 0.2) is 0 Å². The number of hydrogen-bond donors (Lipinski definition) is 2. The Morgan fingerprint density at radius 2 is 1.88 bits per heavy atom. The molecule has 0 atom stereocenters. The number of nitrogens with one attached hydrogen (secondary N) is 2. The molecule has 2 N–H and O–H groups in total. The zero-order valence-corrected chi connectivity index (χ0v) is 17.1. The lowest BCUT2D eigenvalue weighted by atomic mass is 10.1. The summed E-state index contributed by atoms with van der Waals surface area (Å²) in [6.45, 7) is 1.50. The van der Waals surface area contributed by atoms with Gasteiger partial charge in [-0.05, 0) is 31.2 Å². The van der Waals surface area contributed by atoms with Gasteiger partial charge in [-0.2, -0.15) is 5.10 Å². The summed E-state index contributed by atoms with van der Waals surface area (Å²) in [5.41, 5.74) is 2.71. The number of nitro groups is 1. The number of non-ortho nitro benzene ring substituents is 1. The maximum absolute atomic E-state index is 13.1. The minimum Gasteiger partial charge on any atom is -0.469 e. The average Bonchev–Trinajstić information content (AvgIpc) is 3.13. The van der Waals surface area contributed by atoms with Crippen molar-refractivity contribution in [2.75, 3.05) is 7.11 Å². The fourth-order valence-electron chi connectivity index (χ4n) is 2.86. The molecule has 0 aliphatic rings. The maximum Gasteiger partial charge on any atom is 0.311 e. The summed E-state index contributed by atoms with van der Waals surface area (Å²) in [7, 11) is 1.21. The van der Waals surface area contributed by atoms with E-state index in [0.29, 0.717) is 11.3 Å². The summed E-state index contributed by atoms with van der Waals surface area (Å²) >= 11 is 0. The van der Waals surface area contributed by atoms with Crippen molar-refractivity contribution < 1.29 is 19.2 Å². The molecule has 2 heterocycles. The molecule has 0 saturated heterocycles. The lowest BCUT2D eigenvalue weighted by Crippen LogP contribution is -2.24. The van der Waals surface area contributed by atoms with Gasteiger partial charge in [0.1, 0.15) is 0 Å². The molecule has 32 heavy (non-hydrogen) atoms. The molecule has 12 heteroatoms. The van der Waals surface area contributed by atoms with E-state index in [0.717, 1.165) is 4.68 Å². The van der Waals surface area contributed by atoms with E-state index >= 15 is 0 Å². The number of hydrogen-bond acceptors (Lipinski definition) is 8. The number of carbonyl (C=O) groups excluding carboxylic acids is 2. The number of esters is 1. The molecule has 0 radical (unpaired) electrons. The van der Waals surface area contributed by atoms with Crippen LogP contribution in [0, 0.1) is 10.1 Å². The van der Waals surface area contributed by atoms with E-state index in [1.165, 1.54) is 62.8 Å². The summed E-state index contributed by atoms with van der Waals surface area (Å²) in [6.07, 6.45) is 2.65. The molecule has 0 aliphatic heterocycles. The number of methoxy groups -OCH3 is 1. The molecule has 0 unspecified atom stereocenters. The normalized spacial score (nSPS) is 11.1. The number of H-pyrrole nitrogens is 1. The van der Waals surface area contributed by atoms with Crippen molar-refractivity contribution in [1.29, 1.82) is 0 Å². The van der Waals surface area contributed by atoms with Crippen LogP contribution in [-0.2, 0) is 16.0 Å². The molecule has 1 aromatic carbocycles. The van der Waals surface area contributed by atoms with Gasteiger partial charge in [0.2, 0.25) is 0 Å². The maximum atomic E-state index is 13.1. The first kappa shape index (κ1) is 22.1. The molecular weight excluding hydrogens is 420 g/mol. The fraction of sp³-hybridized carbons (Fsp3) is 0.150. The third kappa shape index (κ3) is 4.75. The summed E-state index contributed by atoms with van der Waals surface area (Å²) in [4.78, 5) is 51.3. The molecule has 2 aromatic heterocycles. The molecule has 1 amide bonds. The fourth-order valence-corrected chi connectivity index (χ4v) is 2.86. The van der Waals surface area contributed by atoms with Crippen molar-refractivity contribution in [3.63, 3.8) is 0 Å². The molecule has 0 fully saturated rings. The smallest absolute Gasteiger partial charge is 0.311 e. The van der Waals surface area contributed by atoms with Crippen LogP contribution in [0.3, 0.4) is 0 Å². The minimum atomic E-state index is -0.600. The number of aromatic amines is 1. The van der Waals surface area contributed by atoms with Gasteiger partial charge in [-0.3, -0.25) is 34.6 Å². The van der Waals surface area contributed by atoms with Crippen LogP contribution in [0.5, 0.6) is 0 Å². The highest BCUT2D eigenvalue weighted by molar-refractivity contribution is 6.02. The summed E-state index contributed by atoms with van der Waals surface area (Å²) in [5, 5.41) is 17.7. The SMILES string of the molecule is COC(=O)Cc1[nH]n(-c2ccc([N+](=O)[O-])cc2)c(=O)c1/C(C)=N/NC(=O)c1ccncc1. The molecule has 0 saturated carbocycles. The predicted octanol–water partition coefficient (Wildman–Crippen LogP) is 1.34. The quantitative estimate of drug-likeness (QED) is 0.243. The van der Waals surface area contributed by atoms with Gasteiger partial charge in [0.05, 0.1) is 41.1 Å². The van der Waals surface area contributed by atoms with Crippen LogP contribution in [0.1, 0.15) is 28.5 Å². The van der Waals surface area contributed by atoms with Crippen molar-refractivity contribution in [2.24, 2.45) is 5.10 Å². The Hall–Kier alpha value is -4.61. The van der Waals surface area contributed by atoms with E-state index in [9.17, 15) is 24.5 Å². The molecule has 3 rings (SSSR count). The third-order valence-corrected chi connectivity index (χ3v) is 4.46. The Labute approximate surface area is 180 Å². The van der Waals surface area contributed by atoms with Crippen molar-refractivity contribution in [1.82, 2.24) is 20.2 Å². The number of amides is 1. The number of nitro benzene ring substituents is 1. The first-order valence-corrected chi connectivity index (χ1v) is 9.22. The number of hydrazone groups is 1. The van der Waals surface area contributed by atoms with Crippen LogP contribution in [0.15, 0.2) is 58.7 Å². The van der Waals surface area contributed by atoms with Crippen molar-refractivity contribution in [2.45, 2.75) is 13.3 Å². The highest BCUT2D eigenvalue weighted by atomic mass is 16.6. The van der Waals surface area contributed by atoms with Crippen LogP contribution >= 0.6 is 0 Å². The number of pyridine rings is 1. The van der Waals surface area contributed by atoms with Crippen molar-refractivity contribution in [3.8, 4) is 5.69 Å². The molecule has 3 aromatic rings. The molecule has 0 aliphatic carbocycles. The number of benzene rings is 1. The second-order valence-corrected chi connectivity index (χ2v) is 6.51. The Morgan fingerprint density at radius 3 is 2.47 bits per heavy atom. The van der Waals surface area contributed by atoms with Crippen LogP contribution in [0.25, 0.3) is 5.69 Å². The highest BCUT2D eigenvalue weighted by Crippen LogP contribution is 2.15.